The van der Waals surface area contributed by atoms with Crippen LogP contribution in [0.3, 0.4) is 0 Å². The lowest BCUT2D eigenvalue weighted by Gasteiger charge is -2.15. The Morgan fingerprint density at radius 2 is 1.84 bits per heavy atom. The topological polar surface area (TPSA) is 78.5 Å². The Bertz CT molecular complexity index is 650. The first-order valence-corrected chi connectivity index (χ1v) is 8.61. The molecule has 6 nitrogen and oxygen atoms in total. The van der Waals surface area contributed by atoms with E-state index in [9.17, 15) is 14.4 Å². The second-order valence-electron chi connectivity index (χ2n) is 6.31. The fourth-order valence-corrected chi connectivity index (χ4v) is 2.49. The quantitative estimate of drug-likeness (QED) is 0.584. The standard InChI is InChI=1S/C19H25N3O3/c1-14(2)19(25)21-12-11-20-17(23)10-7-15-5-8-16(9-6-15)22-13-3-4-18(22)24/h5-10,14H,3-4,11-13H2,1-2H3,(H,20,23)(H,21,25). The third-order valence-corrected chi connectivity index (χ3v) is 3.95. The van der Waals surface area contributed by atoms with E-state index in [0.717, 1.165) is 24.2 Å². The summed E-state index contributed by atoms with van der Waals surface area (Å²) >= 11 is 0. The van der Waals surface area contributed by atoms with Crippen molar-refractivity contribution in [3.8, 4) is 0 Å². The van der Waals surface area contributed by atoms with Gasteiger partial charge in [0.15, 0.2) is 0 Å². The SMILES string of the molecule is CC(C)C(=O)NCCNC(=O)C=Cc1ccc(N2CCCC2=O)cc1. The van der Waals surface area contributed by atoms with Crippen molar-refractivity contribution in [2.75, 3.05) is 24.5 Å². The molecule has 25 heavy (non-hydrogen) atoms. The van der Waals surface area contributed by atoms with Gasteiger partial charge in [0.05, 0.1) is 0 Å². The van der Waals surface area contributed by atoms with E-state index in [-0.39, 0.29) is 23.6 Å². The predicted octanol–water partition coefficient (Wildman–Crippen LogP) is 1.71. The monoisotopic (exact) mass is 343 g/mol. The Kier molecular flexibility index (Phi) is 6.74. The molecular weight excluding hydrogens is 318 g/mol. The molecule has 0 aliphatic carbocycles. The maximum atomic E-state index is 11.8. The van der Waals surface area contributed by atoms with Crippen LogP contribution < -0.4 is 15.5 Å². The van der Waals surface area contributed by atoms with Crippen molar-refractivity contribution in [2.45, 2.75) is 26.7 Å². The summed E-state index contributed by atoms with van der Waals surface area (Å²) in [5.41, 5.74) is 1.78. The number of amides is 3. The van der Waals surface area contributed by atoms with Crippen LogP contribution in [-0.2, 0) is 14.4 Å². The van der Waals surface area contributed by atoms with Crippen molar-refractivity contribution in [2.24, 2.45) is 5.92 Å². The number of carbonyl (C=O) groups excluding carboxylic acids is 3. The molecule has 0 atom stereocenters. The van der Waals surface area contributed by atoms with E-state index in [1.165, 1.54) is 6.08 Å². The minimum Gasteiger partial charge on any atom is -0.354 e. The van der Waals surface area contributed by atoms with Crippen molar-refractivity contribution in [1.29, 1.82) is 0 Å². The van der Waals surface area contributed by atoms with Crippen molar-refractivity contribution in [1.82, 2.24) is 10.6 Å². The number of hydrogen-bond donors (Lipinski definition) is 2. The lowest BCUT2D eigenvalue weighted by atomic mass is 10.2. The number of nitrogens with zero attached hydrogens (tertiary/aromatic N) is 1. The van der Waals surface area contributed by atoms with Gasteiger partial charge in [-0.1, -0.05) is 26.0 Å². The van der Waals surface area contributed by atoms with Crippen LogP contribution in [-0.4, -0.2) is 37.4 Å². The summed E-state index contributed by atoms with van der Waals surface area (Å²) in [5, 5.41) is 5.45. The van der Waals surface area contributed by atoms with Gasteiger partial charge in [0.1, 0.15) is 0 Å². The van der Waals surface area contributed by atoms with Gasteiger partial charge in [-0.05, 0) is 30.2 Å². The third kappa shape index (κ3) is 5.74. The van der Waals surface area contributed by atoms with Crippen LogP contribution in [0, 0.1) is 5.92 Å². The van der Waals surface area contributed by atoms with Crippen LogP contribution >= 0.6 is 0 Å². The highest BCUT2D eigenvalue weighted by atomic mass is 16.2. The van der Waals surface area contributed by atoms with E-state index in [0.29, 0.717) is 19.5 Å². The molecule has 0 unspecified atom stereocenters. The zero-order valence-corrected chi connectivity index (χ0v) is 14.7. The van der Waals surface area contributed by atoms with Gasteiger partial charge in [0, 0.05) is 43.7 Å². The van der Waals surface area contributed by atoms with Crippen LogP contribution in [0.5, 0.6) is 0 Å². The molecule has 1 aliphatic heterocycles. The third-order valence-electron chi connectivity index (χ3n) is 3.95. The Hall–Kier alpha value is -2.63. The molecule has 0 aromatic heterocycles. The molecule has 3 amide bonds. The highest BCUT2D eigenvalue weighted by Gasteiger charge is 2.21. The van der Waals surface area contributed by atoms with E-state index in [1.54, 1.807) is 11.0 Å². The van der Waals surface area contributed by atoms with Crippen molar-refractivity contribution >= 4 is 29.5 Å². The number of rotatable bonds is 7. The van der Waals surface area contributed by atoms with E-state index < -0.39 is 0 Å². The average molecular weight is 343 g/mol. The Balaban J connectivity index is 1.76. The Morgan fingerprint density at radius 1 is 1.16 bits per heavy atom. The summed E-state index contributed by atoms with van der Waals surface area (Å²) in [4.78, 5) is 36.6. The lowest BCUT2D eigenvalue weighted by Crippen LogP contribution is -2.35. The molecule has 1 aliphatic rings. The second kappa shape index (κ2) is 9.01. The Morgan fingerprint density at radius 3 is 2.44 bits per heavy atom. The molecule has 134 valence electrons. The number of benzene rings is 1. The molecule has 1 aromatic carbocycles. The first-order chi connectivity index (χ1) is 12.0. The minimum atomic E-state index is -0.211. The van der Waals surface area contributed by atoms with Gasteiger partial charge in [-0.3, -0.25) is 14.4 Å². The predicted molar refractivity (Wildman–Crippen MR) is 97.9 cm³/mol. The second-order valence-corrected chi connectivity index (χ2v) is 6.31. The van der Waals surface area contributed by atoms with Gasteiger partial charge in [-0.25, -0.2) is 0 Å². The molecule has 2 N–H and O–H groups in total. The van der Waals surface area contributed by atoms with Crippen LogP contribution in [0.4, 0.5) is 5.69 Å². The van der Waals surface area contributed by atoms with Crippen molar-refractivity contribution in [3.05, 3.63) is 35.9 Å². The summed E-state index contributed by atoms with van der Waals surface area (Å²) in [6.45, 7) is 5.21. The summed E-state index contributed by atoms with van der Waals surface area (Å²) in [5.74, 6) is -0.138. The normalized spacial score (nSPS) is 14.4. The number of anilines is 1. The highest BCUT2D eigenvalue weighted by molar-refractivity contribution is 5.95. The van der Waals surface area contributed by atoms with Gasteiger partial charge in [-0.2, -0.15) is 0 Å². The number of carbonyl (C=O) groups is 3. The molecule has 1 saturated heterocycles. The highest BCUT2D eigenvalue weighted by Crippen LogP contribution is 2.21. The largest absolute Gasteiger partial charge is 0.354 e. The van der Waals surface area contributed by atoms with Gasteiger partial charge < -0.3 is 15.5 Å². The van der Waals surface area contributed by atoms with Gasteiger partial charge in [-0.15, -0.1) is 0 Å². The van der Waals surface area contributed by atoms with Crippen molar-refractivity contribution < 1.29 is 14.4 Å². The molecule has 0 saturated carbocycles. The molecule has 6 heteroatoms. The van der Waals surface area contributed by atoms with E-state index in [4.69, 9.17) is 0 Å². The summed E-state index contributed by atoms with van der Waals surface area (Å²) < 4.78 is 0. The summed E-state index contributed by atoms with van der Waals surface area (Å²) in [6.07, 6.45) is 4.69. The van der Waals surface area contributed by atoms with Gasteiger partial charge in [0.25, 0.3) is 0 Å². The van der Waals surface area contributed by atoms with Crippen LogP contribution in [0.2, 0.25) is 0 Å². The molecule has 0 bridgehead atoms. The van der Waals surface area contributed by atoms with E-state index in [1.807, 2.05) is 38.1 Å². The number of hydrogen-bond acceptors (Lipinski definition) is 3. The first-order valence-electron chi connectivity index (χ1n) is 8.61. The maximum Gasteiger partial charge on any atom is 0.244 e. The van der Waals surface area contributed by atoms with Crippen molar-refractivity contribution in [3.63, 3.8) is 0 Å². The van der Waals surface area contributed by atoms with Gasteiger partial charge >= 0.3 is 0 Å². The lowest BCUT2D eigenvalue weighted by molar-refractivity contribution is -0.124. The smallest absolute Gasteiger partial charge is 0.244 e. The minimum absolute atomic E-state index is 0.0265. The fourth-order valence-electron chi connectivity index (χ4n) is 2.49. The molecule has 0 spiro atoms. The average Bonchev–Trinajstić information content (AvgIpc) is 3.03. The van der Waals surface area contributed by atoms with Crippen LogP contribution in [0.15, 0.2) is 30.3 Å². The molecule has 1 fully saturated rings. The molecule has 2 rings (SSSR count). The zero-order valence-electron chi connectivity index (χ0n) is 14.7. The van der Waals surface area contributed by atoms with E-state index >= 15 is 0 Å². The fraction of sp³-hybridized carbons (Fsp3) is 0.421. The first kappa shape index (κ1) is 18.7. The zero-order chi connectivity index (χ0) is 18.2. The number of nitrogens with one attached hydrogen (secondary N) is 2. The molecule has 1 aromatic rings. The van der Waals surface area contributed by atoms with Crippen LogP contribution in [0.1, 0.15) is 32.3 Å². The Labute approximate surface area is 148 Å². The van der Waals surface area contributed by atoms with Gasteiger partial charge in [0.2, 0.25) is 17.7 Å². The maximum absolute atomic E-state index is 11.8. The molecule has 1 heterocycles. The van der Waals surface area contributed by atoms with Crippen LogP contribution in [0.25, 0.3) is 6.08 Å². The molecule has 0 radical (unpaired) electrons. The summed E-state index contributed by atoms with van der Waals surface area (Å²) in [6, 6.07) is 7.55. The molecular formula is C19H25N3O3. The van der Waals surface area contributed by atoms with E-state index in [2.05, 4.69) is 10.6 Å². The summed E-state index contributed by atoms with van der Waals surface area (Å²) in [7, 11) is 0.